The smallest absolute Gasteiger partial charge is 0.335 e. The molecule has 6 heteroatoms. The first-order valence-electron chi connectivity index (χ1n) is 7.30. The summed E-state index contributed by atoms with van der Waals surface area (Å²) in [6.07, 6.45) is 3.17. The SMILES string of the molecule is C=C1CCN(S(=O)(=O)c2ccc(C(=O)O)c(C)c2)C2(CC2)C1. The minimum atomic E-state index is -3.60. The summed E-state index contributed by atoms with van der Waals surface area (Å²) in [6.45, 7) is 6.08. The lowest BCUT2D eigenvalue weighted by Crippen LogP contribution is -2.45. The third-order valence-electron chi connectivity index (χ3n) is 4.62. The van der Waals surface area contributed by atoms with Crippen LogP contribution < -0.4 is 0 Å². The normalized spacial score (nSPS) is 21.0. The van der Waals surface area contributed by atoms with E-state index < -0.39 is 16.0 Å². The molecule has 0 amide bonds. The summed E-state index contributed by atoms with van der Waals surface area (Å²) in [5, 5.41) is 9.06. The van der Waals surface area contributed by atoms with Crippen molar-refractivity contribution in [1.29, 1.82) is 0 Å². The lowest BCUT2D eigenvalue weighted by Gasteiger charge is -2.36. The van der Waals surface area contributed by atoms with E-state index in [1.165, 1.54) is 18.2 Å². The zero-order valence-corrected chi connectivity index (χ0v) is 13.3. The van der Waals surface area contributed by atoms with Crippen molar-refractivity contribution in [2.24, 2.45) is 0 Å². The van der Waals surface area contributed by atoms with Crippen LogP contribution >= 0.6 is 0 Å². The number of rotatable bonds is 3. The van der Waals surface area contributed by atoms with Gasteiger partial charge < -0.3 is 5.11 Å². The van der Waals surface area contributed by atoms with Gasteiger partial charge in [-0.3, -0.25) is 0 Å². The average molecular weight is 321 g/mol. The van der Waals surface area contributed by atoms with Crippen LogP contribution in [0.15, 0.2) is 35.2 Å². The van der Waals surface area contributed by atoms with Crippen molar-refractivity contribution < 1.29 is 18.3 Å². The number of aromatic carboxylic acids is 1. The number of carboxylic acid groups (broad SMARTS) is 1. The molecule has 0 radical (unpaired) electrons. The van der Waals surface area contributed by atoms with Crippen LogP contribution in [0.5, 0.6) is 0 Å². The fourth-order valence-corrected chi connectivity index (χ4v) is 5.16. The second kappa shape index (κ2) is 4.93. The molecule has 22 heavy (non-hydrogen) atoms. The molecular weight excluding hydrogens is 302 g/mol. The van der Waals surface area contributed by atoms with E-state index in [1.54, 1.807) is 11.2 Å². The van der Waals surface area contributed by atoms with Crippen molar-refractivity contribution in [3.63, 3.8) is 0 Å². The molecule has 2 fully saturated rings. The van der Waals surface area contributed by atoms with Crippen molar-refractivity contribution in [2.45, 2.75) is 43.0 Å². The largest absolute Gasteiger partial charge is 0.478 e. The maximum Gasteiger partial charge on any atom is 0.335 e. The summed E-state index contributed by atoms with van der Waals surface area (Å²) in [4.78, 5) is 11.2. The Balaban J connectivity index is 1.98. The predicted octanol–water partition coefficient (Wildman–Crippen LogP) is 2.57. The van der Waals surface area contributed by atoms with Crippen molar-refractivity contribution in [3.8, 4) is 0 Å². The summed E-state index contributed by atoms with van der Waals surface area (Å²) in [7, 11) is -3.60. The van der Waals surface area contributed by atoms with Gasteiger partial charge in [-0.1, -0.05) is 12.2 Å². The third-order valence-corrected chi connectivity index (χ3v) is 6.62. The molecular formula is C16H19NO4S. The Morgan fingerprint density at radius 3 is 2.59 bits per heavy atom. The first-order chi connectivity index (χ1) is 10.3. The standard InChI is InChI=1S/C16H19NO4S/c1-11-5-8-17(16(10-11)6-7-16)22(20,21)13-3-4-14(15(18)19)12(2)9-13/h3-4,9H,1,5-8,10H2,2H3,(H,18,19). The first-order valence-corrected chi connectivity index (χ1v) is 8.74. The van der Waals surface area contributed by atoms with Gasteiger partial charge in [0, 0.05) is 12.1 Å². The van der Waals surface area contributed by atoms with Crippen LogP contribution in [-0.4, -0.2) is 35.9 Å². The number of aryl methyl sites for hydroxylation is 1. The molecule has 1 N–H and O–H groups in total. The first kappa shape index (κ1) is 15.2. The molecule has 118 valence electrons. The summed E-state index contributed by atoms with van der Waals surface area (Å²) in [6, 6.07) is 4.22. The number of carbonyl (C=O) groups is 1. The number of piperidine rings is 1. The van der Waals surface area contributed by atoms with E-state index in [9.17, 15) is 13.2 Å². The van der Waals surface area contributed by atoms with Gasteiger partial charge in [-0.2, -0.15) is 4.31 Å². The van der Waals surface area contributed by atoms with Crippen LogP contribution in [0.2, 0.25) is 0 Å². The molecule has 1 aromatic carbocycles. The van der Waals surface area contributed by atoms with E-state index in [1.807, 2.05) is 0 Å². The Kier molecular flexibility index (Phi) is 3.41. The highest BCUT2D eigenvalue weighted by Crippen LogP contribution is 2.51. The molecule has 5 nitrogen and oxygen atoms in total. The van der Waals surface area contributed by atoms with Gasteiger partial charge >= 0.3 is 5.97 Å². The van der Waals surface area contributed by atoms with Gasteiger partial charge in [-0.05, 0) is 56.4 Å². The Hall–Kier alpha value is -1.66. The summed E-state index contributed by atoms with van der Waals surface area (Å²) >= 11 is 0. The highest BCUT2D eigenvalue weighted by Gasteiger charge is 2.54. The second-order valence-corrected chi connectivity index (χ2v) is 8.12. The molecule has 2 aliphatic rings. The van der Waals surface area contributed by atoms with E-state index in [4.69, 9.17) is 5.11 Å². The lowest BCUT2D eigenvalue weighted by atomic mass is 9.98. The lowest BCUT2D eigenvalue weighted by molar-refractivity contribution is 0.0696. The van der Waals surface area contributed by atoms with Crippen molar-refractivity contribution in [3.05, 3.63) is 41.5 Å². The molecule has 0 bridgehead atoms. The predicted molar refractivity (Wildman–Crippen MR) is 82.4 cm³/mol. The van der Waals surface area contributed by atoms with Gasteiger partial charge in [0.2, 0.25) is 10.0 Å². The zero-order valence-electron chi connectivity index (χ0n) is 12.5. The van der Waals surface area contributed by atoms with Crippen molar-refractivity contribution in [1.82, 2.24) is 4.31 Å². The molecule has 0 unspecified atom stereocenters. The quantitative estimate of drug-likeness (QED) is 0.868. The third kappa shape index (κ3) is 2.36. The number of sulfonamides is 1. The average Bonchev–Trinajstić information content (AvgIpc) is 3.17. The van der Waals surface area contributed by atoms with E-state index in [2.05, 4.69) is 6.58 Å². The summed E-state index contributed by atoms with van der Waals surface area (Å²) in [5.74, 6) is -1.05. The van der Waals surface area contributed by atoms with E-state index >= 15 is 0 Å². The van der Waals surface area contributed by atoms with E-state index in [0.717, 1.165) is 24.8 Å². The number of hydrogen-bond donors (Lipinski definition) is 1. The Bertz CT molecular complexity index is 762. The maximum atomic E-state index is 12.9. The molecule has 1 spiro atoms. The topological polar surface area (TPSA) is 74.7 Å². The van der Waals surface area contributed by atoms with Crippen LogP contribution in [0.3, 0.4) is 0 Å². The number of nitrogens with zero attached hydrogens (tertiary/aromatic N) is 1. The van der Waals surface area contributed by atoms with Gasteiger partial charge in [-0.15, -0.1) is 0 Å². The summed E-state index contributed by atoms with van der Waals surface area (Å²) < 4.78 is 27.5. The maximum absolute atomic E-state index is 12.9. The van der Waals surface area contributed by atoms with Crippen LogP contribution in [0.1, 0.15) is 41.6 Å². The van der Waals surface area contributed by atoms with E-state index in [-0.39, 0.29) is 16.0 Å². The molecule has 1 aromatic rings. The molecule has 1 saturated heterocycles. The Morgan fingerprint density at radius 2 is 2.05 bits per heavy atom. The van der Waals surface area contributed by atoms with Gasteiger partial charge in [0.15, 0.2) is 0 Å². The molecule has 3 rings (SSSR count). The van der Waals surface area contributed by atoms with Gasteiger partial charge in [0.25, 0.3) is 0 Å². The molecule has 0 aromatic heterocycles. The van der Waals surface area contributed by atoms with Crippen LogP contribution in [-0.2, 0) is 10.0 Å². The van der Waals surface area contributed by atoms with Crippen LogP contribution in [0.4, 0.5) is 0 Å². The second-order valence-electron chi connectivity index (χ2n) is 6.26. The molecule has 0 atom stereocenters. The molecule has 1 aliphatic heterocycles. The Labute approximate surface area is 130 Å². The highest BCUT2D eigenvalue weighted by molar-refractivity contribution is 7.89. The molecule has 1 saturated carbocycles. The number of carboxylic acids is 1. The minimum Gasteiger partial charge on any atom is -0.478 e. The fourth-order valence-electron chi connectivity index (χ4n) is 3.25. The molecule has 1 heterocycles. The van der Waals surface area contributed by atoms with Crippen molar-refractivity contribution in [2.75, 3.05) is 6.54 Å². The van der Waals surface area contributed by atoms with Crippen molar-refractivity contribution >= 4 is 16.0 Å². The zero-order chi connectivity index (χ0) is 16.1. The number of hydrogen-bond acceptors (Lipinski definition) is 3. The highest BCUT2D eigenvalue weighted by atomic mass is 32.2. The summed E-state index contributed by atoms with van der Waals surface area (Å²) in [5.41, 5.74) is 1.42. The van der Waals surface area contributed by atoms with Crippen LogP contribution in [0, 0.1) is 6.92 Å². The van der Waals surface area contributed by atoms with Gasteiger partial charge in [0.1, 0.15) is 0 Å². The van der Waals surface area contributed by atoms with Gasteiger partial charge in [0.05, 0.1) is 10.5 Å². The Morgan fingerprint density at radius 1 is 1.36 bits per heavy atom. The fraction of sp³-hybridized carbons (Fsp3) is 0.438. The van der Waals surface area contributed by atoms with Gasteiger partial charge in [-0.25, -0.2) is 13.2 Å². The van der Waals surface area contributed by atoms with Crippen LogP contribution in [0.25, 0.3) is 0 Å². The van der Waals surface area contributed by atoms with E-state index in [0.29, 0.717) is 18.5 Å². The number of benzene rings is 1. The minimum absolute atomic E-state index is 0.132. The molecule has 1 aliphatic carbocycles. The monoisotopic (exact) mass is 321 g/mol.